The van der Waals surface area contributed by atoms with Crippen molar-refractivity contribution in [3.8, 4) is 0 Å². The number of hydrogen-bond acceptors (Lipinski definition) is 5. The van der Waals surface area contributed by atoms with Crippen LogP contribution in [0.1, 0.15) is 112 Å². The number of rotatable bonds is 6. The molecule has 0 heterocycles. The summed E-state index contributed by atoms with van der Waals surface area (Å²) in [4.78, 5) is 24.2. The molecule has 1 N–H and O–H groups in total. The van der Waals surface area contributed by atoms with E-state index < -0.39 is 11.6 Å². The van der Waals surface area contributed by atoms with Crippen molar-refractivity contribution < 1.29 is 24.2 Å². The lowest BCUT2D eigenvalue weighted by molar-refractivity contribution is -0.166. The Kier molecular flexibility index (Phi) is 7.69. The van der Waals surface area contributed by atoms with E-state index in [9.17, 15) is 14.7 Å². The maximum Gasteiger partial charge on any atom is 0.344 e. The van der Waals surface area contributed by atoms with E-state index in [-0.39, 0.29) is 18.7 Å². The SMILES string of the molecule is CC(CCC(=O)OCC(=O)OC(C)(C)C)C1CCC2C3CCC4CC(O)CCC4(C)C3CCC12C. The quantitative estimate of drug-likeness (QED) is 0.442. The number of fused-ring (bicyclic) bond motifs is 5. The fourth-order valence-corrected chi connectivity index (χ4v) is 9.34. The predicted octanol–water partition coefficient (Wildman–Crippen LogP) is 6.31. The van der Waals surface area contributed by atoms with Crippen molar-refractivity contribution in [2.24, 2.45) is 46.3 Å². The van der Waals surface area contributed by atoms with Gasteiger partial charge in [0, 0.05) is 6.42 Å². The molecule has 0 saturated heterocycles. The Hall–Kier alpha value is -1.10. The van der Waals surface area contributed by atoms with E-state index in [0.29, 0.717) is 35.0 Å². The summed E-state index contributed by atoms with van der Waals surface area (Å²) in [6.45, 7) is 12.6. The average Bonchev–Trinajstić information content (AvgIpc) is 3.12. The molecule has 4 aliphatic carbocycles. The molecule has 4 aliphatic rings. The lowest BCUT2D eigenvalue weighted by Crippen LogP contribution is -2.54. The van der Waals surface area contributed by atoms with Gasteiger partial charge in [-0.3, -0.25) is 4.79 Å². The summed E-state index contributed by atoms with van der Waals surface area (Å²) in [7, 11) is 0. The predicted molar refractivity (Wildman–Crippen MR) is 136 cm³/mol. The van der Waals surface area contributed by atoms with Crippen molar-refractivity contribution in [3.05, 3.63) is 0 Å². The van der Waals surface area contributed by atoms with Gasteiger partial charge in [-0.15, -0.1) is 0 Å². The van der Waals surface area contributed by atoms with Crippen molar-refractivity contribution >= 4 is 11.9 Å². The molecule has 0 aromatic heterocycles. The Bertz CT molecular complexity index is 786. The summed E-state index contributed by atoms with van der Waals surface area (Å²) in [5.41, 5.74) is 0.226. The number of aliphatic hydroxyl groups is 1. The molecule has 9 unspecified atom stereocenters. The zero-order valence-corrected chi connectivity index (χ0v) is 23.1. The third kappa shape index (κ3) is 5.45. The molecule has 0 aromatic carbocycles. The van der Waals surface area contributed by atoms with E-state index >= 15 is 0 Å². The molecule has 4 rings (SSSR count). The molecule has 35 heavy (non-hydrogen) atoms. The molecule has 0 bridgehead atoms. The first-order valence-corrected chi connectivity index (χ1v) is 14.4. The molecular weight excluding hydrogens is 440 g/mol. The van der Waals surface area contributed by atoms with Gasteiger partial charge in [-0.1, -0.05) is 20.8 Å². The molecule has 4 saturated carbocycles. The minimum Gasteiger partial charge on any atom is -0.457 e. The third-order valence-electron chi connectivity index (χ3n) is 11.0. The van der Waals surface area contributed by atoms with Crippen LogP contribution in [0.5, 0.6) is 0 Å². The maximum absolute atomic E-state index is 12.3. The van der Waals surface area contributed by atoms with E-state index in [1.807, 2.05) is 20.8 Å². The smallest absolute Gasteiger partial charge is 0.344 e. The van der Waals surface area contributed by atoms with Crippen LogP contribution in [0.4, 0.5) is 0 Å². The van der Waals surface area contributed by atoms with Gasteiger partial charge >= 0.3 is 11.9 Å². The van der Waals surface area contributed by atoms with Gasteiger partial charge in [0.05, 0.1) is 6.10 Å². The molecule has 5 heteroatoms. The molecule has 0 spiro atoms. The van der Waals surface area contributed by atoms with Crippen molar-refractivity contribution in [1.82, 2.24) is 0 Å². The number of carbonyl (C=O) groups excluding carboxylic acids is 2. The first-order chi connectivity index (χ1) is 16.3. The monoisotopic (exact) mass is 490 g/mol. The van der Waals surface area contributed by atoms with E-state index in [0.717, 1.165) is 37.0 Å². The second-order valence-corrected chi connectivity index (χ2v) is 14.1. The highest BCUT2D eigenvalue weighted by Gasteiger charge is 2.60. The van der Waals surface area contributed by atoms with Crippen molar-refractivity contribution in [1.29, 1.82) is 0 Å². The van der Waals surface area contributed by atoms with E-state index in [1.54, 1.807) is 0 Å². The molecule has 0 aromatic rings. The number of carbonyl (C=O) groups is 2. The van der Waals surface area contributed by atoms with Gasteiger partial charge < -0.3 is 14.6 Å². The van der Waals surface area contributed by atoms with Crippen LogP contribution in [-0.4, -0.2) is 35.4 Å². The first-order valence-electron chi connectivity index (χ1n) is 14.4. The molecular formula is C30H50O5. The van der Waals surface area contributed by atoms with Gasteiger partial charge in [-0.05, 0) is 131 Å². The number of aliphatic hydroxyl groups excluding tert-OH is 1. The van der Waals surface area contributed by atoms with Crippen molar-refractivity contribution in [2.45, 2.75) is 124 Å². The maximum atomic E-state index is 12.3. The lowest BCUT2D eigenvalue weighted by Gasteiger charge is -2.61. The van der Waals surface area contributed by atoms with Crippen molar-refractivity contribution in [2.75, 3.05) is 6.61 Å². The summed E-state index contributed by atoms with van der Waals surface area (Å²) in [5.74, 6) is 3.52. The Labute approximate surface area is 213 Å². The van der Waals surface area contributed by atoms with E-state index in [4.69, 9.17) is 9.47 Å². The number of ether oxygens (including phenoxy) is 2. The fraction of sp³-hybridized carbons (Fsp3) is 0.933. The van der Waals surface area contributed by atoms with Crippen LogP contribution in [0.15, 0.2) is 0 Å². The van der Waals surface area contributed by atoms with Crippen LogP contribution in [0.2, 0.25) is 0 Å². The molecule has 0 amide bonds. The van der Waals surface area contributed by atoms with Crippen LogP contribution in [0, 0.1) is 46.3 Å². The van der Waals surface area contributed by atoms with Gasteiger partial charge in [0.15, 0.2) is 6.61 Å². The molecule has 200 valence electrons. The highest BCUT2D eigenvalue weighted by atomic mass is 16.6. The van der Waals surface area contributed by atoms with Crippen LogP contribution >= 0.6 is 0 Å². The Morgan fingerprint density at radius 3 is 2.34 bits per heavy atom. The topological polar surface area (TPSA) is 72.8 Å². The summed E-state index contributed by atoms with van der Waals surface area (Å²) < 4.78 is 10.4. The zero-order valence-electron chi connectivity index (χ0n) is 23.1. The van der Waals surface area contributed by atoms with Gasteiger partial charge in [-0.2, -0.15) is 0 Å². The Morgan fingerprint density at radius 2 is 1.63 bits per heavy atom. The molecule has 0 aliphatic heterocycles. The van der Waals surface area contributed by atoms with Crippen LogP contribution in [0.25, 0.3) is 0 Å². The number of esters is 2. The summed E-state index contributed by atoms with van der Waals surface area (Å²) in [6.07, 6.45) is 12.2. The summed E-state index contributed by atoms with van der Waals surface area (Å²) in [6, 6.07) is 0. The Morgan fingerprint density at radius 1 is 0.943 bits per heavy atom. The minimum atomic E-state index is -0.569. The van der Waals surface area contributed by atoms with Gasteiger partial charge in [0.2, 0.25) is 0 Å². The minimum absolute atomic E-state index is 0.0778. The molecule has 9 atom stereocenters. The van der Waals surface area contributed by atoms with Gasteiger partial charge in [-0.25, -0.2) is 4.79 Å². The van der Waals surface area contributed by atoms with Gasteiger partial charge in [0.1, 0.15) is 5.60 Å². The average molecular weight is 491 g/mol. The zero-order chi connectivity index (χ0) is 25.6. The second-order valence-electron chi connectivity index (χ2n) is 14.1. The molecule has 0 radical (unpaired) electrons. The number of hydrogen-bond donors (Lipinski definition) is 1. The largest absolute Gasteiger partial charge is 0.457 e. The lowest BCUT2D eigenvalue weighted by atomic mass is 9.44. The summed E-state index contributed by atoms with van der Waals surface area (Å²) in [5, 5.41) is 10.3. The first kappa shape index (κ1) is 26.9. The standard InChI is InChI=1S/C30H50O5/c1-19(7-12-26(32)34-18-27(33)35-28(2,3)4)23-10-11-24-22-9-8-20-17-21(31)13-15-29(20,5)25(22)14-16-30(23,24)6/h19-25,31H,7-18H2,1-6H3. The third-order valence-corrected chi connectivity index (χ3v) is 11.0. The van der Waals surface area contributed by atoms with Crippen LogP contribution in [-0.2, 0) is 19.1 Å². The van der Waals surface area contributed by atoms with Crippen molar-refractivity contribution in [3.63, 3.8) is 0 Å². The highest BCUT2D eigenvalue weighted by Crippen LogP contribution is 2.68. The van der Waals surface area contributed by atoms with E-state index in [2.05, 4.69) is 20.8 Å². The fourth-order valence-electron chi connectivity index (χ4n) is 9.34. The van der Waals surface area contributed by atoms with E-state index in [1.165, 1.54) is 44.9 Å². The highest BCUT2D eigenvalue weighted by molar-refractivity contribution is 5.76. The summed E-state index contributed by atoms with van der Waals surface area (Å²) >= 11 is 0. The second kappa shape index (κ2) is 9.99. The Balaban J connectivity index is 1.31. The normalized spacial score (nSPS) is 41.8. The molecule has 5 nitrogen and oxygen atoms in total. The van der Waals surface area contributed by atoms with Crippen LogP contribution in [0.3, 0.4) is 0 Å². The van der Waals surface area contributed by atoms with Crippen LogP contribution < -0.4 is 0 Å². The van der Waals surface area contributed by atoms with Gasteiger partial charge in [0.25, 0.3) is 0 Å². The molecule has 4 fully saturated rings.